The molecule has 0 spiro atoms. The van der Waals surface area contributed by atoms with Crippen LogP contribution in [-0.4, -0.2) is 37.8 Å². The van der Waals surface area contributed by atoms with Gasteiger partial charge in [-0.25, -0.2) is 18.1 Å². The molecule has 2 heterocycles. The van der Waals surface area contributed by atoms with Gasteiger partial charge in [0, 0.05) is 24.5 Å². The number of hydrogen-bond donors (Lipinski definition) is 1. The van der Waals surface area contributed by atoms with Crippen LogP contribution in [0.2, 0.25) is 0 Å². The normalized spacial score (nSPS) is 21.2. The average molecular weight is 356 g/mol. The molecule has 25 heavy (non-hydrogen) atoms. The van der Waals surface area contributed by atoms with Crippen LogP contribution in [0.1, 0.15) is 31.2 Å². The van der Waals surface area contributed by atoms with Crippen molar-refractivity contribution in [3.05, 3.63) is 35.9 Å². The second kappa shape index (κ2) is 6.28. The molecular weight excluding hydrogens is 336 g/mol. The standard InChI is InChI=1S/C18H20N4O2S/c19-11-13-10-18(20-17-6-2-1-5-16(13)17)22-9-3-4-14(12-22)21-25(23,24)15-7-8-15/h1-2,5-6,10,14-15,21H,3-4,7-9,12H2. The van der Waals surface area contributed by atoms with Crippen molar-refractivity contribution in [3.63, 3.8) is 0 Å². The molecule has 1 saturated heterocycles. The summed E-state index contributed by atoms with van der Waals surface area (Å²) in [6.07, 6.45) is 3.27. The number of nitriles is 1. The van der Waals surface area contributed by atoms with Gasteiger partial charge in [0.05, 0.1) is 22.4 Å². The number of sulfonamides is 1. The van der Waals surface area contributed by atoms with Crippen LogP contribution in [0.15, 0.2) is 30.3 Å². The number of rotatable bonds is 4. The second-order valence-electron chi connectivity index (χ2n) is 6.80. The number of pyridine rings is 1. The monoisotopic (exact) mass is 356 g/mol. The molecule has 1 aliphatic carbocycles. The van der Waals surface area contributed by atoms with Crippen molar-refractivity contribution in [2.24, 2.45) is 0 Å². The average Bonchev–Trinajstić information content (AvgIpc) is 3.46. The number of anilines is 1. The van der Waals surface area contributed by atoms with Crippen LogP contribution < -0.4 is 9.62 Å². The first-order valence-electron chi connectivity index (χ1n) is 8.63. The third kappa shape index (κ3) is 3.32. The number of benzene rings is 1. The Hall–Kier alpha value is -2.17. The number of para-hydroxylation sites is 1. The second-order valence-corrected chi connectivity index (χ2v) is 8.80. The zero-order valence-electron chi connectivity index (χ0n) is 13.9. The lowest BCUT2D eigenvalue weighted by atomic mass is 10.1. The van der Waals surface area contributed by atoms with Crippen molar-refractivity contribution in [1.29, 1.82) is 5.26 Å². The van der Waals surface area contributed by atoms with Gasteiger partial charge in [-0.05, 0) is 37.8 Å². The molecule has 0 bridgehead atoms. The summed E-state index contributed by atoms with van der Waals surface area (Å²) in [6, 6.07) is 11.5. The van der Waals surface area contributed by atoms with E-state index in [0.717, 1.165) is 48.9 Å². The Balaban J connectivity index is 1.59. The zero-order chi connectivity index (χ0) is 17.4. The van der Waals surface area contributed by atoms with E-state index in [0.29, 0.717) is 12.1 Å². The maximum Gasteiger partial charge on any atom is 0.214 e. The van der Waals surface area contributed by atoms with Crippen LogP contribution in [0.25, 0.3) is 10.9 Å². The van der Waals surface area contributed by atoms with Gasteiger partial charge in [-0.1, -0.05) is 18.2 Å². The van der Waals surface area contributed by atoms with Gasteiger partial charge in [0.25, 0.3) is 0 Å². The molecule has 2 fully saturated rings. The maximum atomic E-state index is 12.2. The first-order chi connectivity index (χ1) is 12.1. The Morgan fingerprint density at radius 1 is 1.24 bits per heavy atom. The predicted octanol–water partition coefficient (Wildman–Crippen LogP) is 2.16. The molecule has 7 heteroatoms. The van der Waals surface area contributed by atoms with E-state index < -0.39 is 10.0 Å². The van der Waals surface area contributed by atoms with Crippen molar-refractivity contribution in [2.75, 3.05) is 18.0 Å². The number of nitrogens with zero attached hydrogens (tertiary/aromatic N) is 3. The van der Waals surface area contributed by atoms with E-state index in [9.17, 15) is 13.7 Å². The summed E-state index contributed by atoms with van der Waals surface area (Å²) < 4.78 is 27.2. The van der Waals surface area contributed by atoms with Crippen molar-refractivity contribution in [3.8, 4) is 6.07 Å². The van der Waals surface area contributed by atoms with Gasteiger partial charge in [0.15, 0.2) is 0 Å². The molecule has 2 aromatic rings. The lowest BCUT2D eigenvalue weighted by molar-refractivity contribution is 0.464. The first-order valence-corrected chi connectivity index (χ1v) is 10.2. The highest BCUT2D eigenvalue weighted by molar-refractivity contribution is 7.90. The molecule has 1 unspecified atom stereocenters. The van der Waals surface area contributed by atoms with Gasteiger partial charge in [0.2, 0.25) is 10.0 Å². The Kier molecular flexibility index (Phi) is 4.10. The summed E-state index contributed by atoms with van der Waals surface area (Å²) in [4.78, 5) is 6.76. The Labute approximate surface area is 147 Å². The van der Waals surface area contributed by atoms with Crippen LogP contribution in [0.4, 0.5) is 5.82 Å². The number of hydrogen-bond acceptors (Lipinski definition) is 5. The van der Waals surface area contributed by atoms with E-state index in [2.05, 4.69) is 20.7 Å². The van der Waals surface area contributed by atoms with Crippen LogP contribution >= 0.6 is 0 Å². The summed E-state index contributed by atoms with van der Waals surface area (Å²) in [5.74, 6) is 0.741. The lowest BCUT2D eigenvalue weighted by Crippen LogP contribution is -2.48. The Morgan fingerprint density at radius 3 is 2.80 bits per heavy atom. The van der Waals surface area contributed by atoms with Crippen LogP contribution in [-0.2, 0) is 10.0 Å². The quantitative estimate of drug-likeness (QED) is 0.907. The minimum Gasteiger partial charge on any atom is -0.355 e. The molecule has 1 aliphatic heterocycles. The number of piperidine rings is 1. The molecule has 0 amide bonds. The smallest absolute Gasteiger partial charge is 0.214 e. The maximum absolute atomic E-state index is 12.2. The van der Waals surface area contributed by atoms with E-state index in [1.165, 1.54) is 0 Å². The molecule has 4 rings (SSSR count). The Morgan fingerprint density at radius 2 is 2.04 bits per heavy atom. The minimum absolute atomic E-state index is 0.0989. The summed E-state index contributed by atoms with van der Waals surface area (Å²) >= 11 is 0. The fraction of sp³-hybridized carbons (Fsp3) is 0.444. The van der Waals surface area contributed by atoms with Gasteiger partial charge in [-0.2, -0.15) is 5.26 Å². The van der Waals surface area contributed by atoms with Gasteiger partial charge in [-0.3, -0.25) is 0 Å². The third-order valence-electron chi connectivity index (χ3n) is 4.86. The fourth-order valence-corrected chi connectivity index (χ4v) is 5.01. The highest BCUT2D eigenvalue weighted by Crippen LogP contribution is 2.29. The molecule has 1 N–H and O–H groups in total. The minimum atomic E-state index is -3.19. The largest absolute Gasteiger partial charge is 0.355 e. The van der Waals surface area contributed by atoms with Crippen LogP contribution in [0, 0.1) is 11.3 Å². The first kappa shape index (κ1) is 16.3. The zero-order valence-corrected chi connectivity index (χ0v) is 14.7. The third-order valence-corrected chi connectivity index (χ3v) is 6.87. The molecule has 1 aromatic carbocycles. The van der Waals surface area contributed by atoms with E-state index in [1.807, 2.05) is 24.3 Å². The predicted molar refractivity (Wildman–Crippen MR) is 96.8 cm³/mol. The van der Waals surface area contributed by atoms with Crippen molar-refractivity contribution >= 4 is 26.7 Å². The van der Waals surface area contributed by atoms with Crippen molar-refractivity contribution in [1.82, 2.24) is 9.71 Å². The van der Waals surface area contributed by atoms with Gasteiger partial charge >= 0.3 is 0 Å². The topological polar surface area (TPSA) is 86.1 Å². The SMILES string of the molecule is N#Cc1cc(N2CCCC(NS(=O)(=O)C3CC3)C2)nc2ccccc12. The summed E-state index contributed by atoms with van der Waals surface area (Å²) in [6.45, 7) is 1.40. The Bertz CT molecular complexity index is 947. The number of fused-ring (bicyclic) bond motifs is 1. The number of nitrogens with one attached hydrogen (secondary N) is 1. The van der Waals surface area contributed by atoms with Gasteiger partial charge in [0.1, 0.15) is 5.82 Å². The van der Waals surface area contributed by atoms with Crippen molar-refractivity contribution < 1.29 is 8.42 Å². The van der Waals surface area contributed by atoms with Crippen molar-refractivity contribution in [2.45, 2.75) is 37.0 Å². The highest BCUT2D eigenvalue weighted by Gasteiger charge is 2.37. The summed E-state index contributed by atoms with van der Waals surface area (Å²) in [5.41, 5.74) is 1.39. The fourth-order valence-electron chi connectivity index (χ4n) is 3.40. The molecule has 130 valence electrons. The van der Waals surface area contributed by atoms with E-state index in [-0.39, 0.29) is 11.3 Å². The lowest BCUT2D eigenvalue weighted by Gasteiger charge is -2.34. The summed E-state index contributed by atoms with van der Waals surface area (Å²) in [7, 11) is -3.19. The number of aromatic nitrogens is 1. The van der Waals surface area contributed by atoms with Crippen LogP contribution in [0.5, 0.6) is 0 Å². The molecule has 2 aliphatic rings. The van der Waals surface area contributed by atoms with Crippen LogP contribution in [0.3, 0.4) is 0 Å². The summed E-state index contributed by atoms with van der Waals surface area (Å²) in [5, 5.41) is 10.1. The van der Waals surface area contributed by atoms with Gasteiger partial charge in [-0.15, -0.1) is 0 Å². The molecule has 6 nitrogen and oxygen atoms in total. The van der Waals surface area contributed by atoms with E-state index in [4.69, 9.17) is 0 Å². The molecular formula is C18H20N4O2S. The van der Waals surface area contributed by atoms with Gasteiger partial charge < -0.3 is 4.90 Å². The highest BCUT2D eigenvalue weighted by atomic mass is 32.2. The molecule has 1 aromatic heterocycles. The van der Waals surface area contributed by atoms with E-state index in [1.54, 1.807) is 6.07 Å². The molecule has 1 atom stereocenters. The molecule has 1 saturated carbocycles. The molecule has 0 radical (unpaired) electrons. The van der Waals surface area contributed by atoms with E-state index >= 15 is 0 Å².